The Labute approximate surface area is 93.6 Å². The highest BCUT2D eigenvalue weighted by atomic mass is 16.5. The van der Waals surface area contributed by atoms with Gasteiger partial charge >= 0.3 is 0 Å². The molecule has 1 N–H and O–H groups in total. The Hall–Kier alpha value is -1.94. The van der Waals surface area contributed by atoms with Gasteiger partial charge in [-0.1, -0.05) is 0 Å². The molecule has 0 amide bonds. The van der Waals surface area contributed by atoms with Crippen molar-refractivity contribution < 1.29 is 9.84 Å². The Morgan fingerprint density at radius 1 is 1.25 bits per heavy atom. The molecule has 0 aliphatic carbocycles. The standard InChI is InChI=1S/C12H12N2O2/c1-9-4-5-11(7-14-9)16-12-10(8-15)3-2-6-13-12/h2-7,15H,8H2,1H3. The van der Waals surface area contributed by atoms with Crippen LogP contribution in [0.15, 0.2) is 36.7 Å². The van der Waals surface area contributed by atoms with Crippen LogP contribution in [0.5, 0.6) is 11.6 Å². The van der Waals surface area contributed by atoms with Gasteiger partial charge in [0, 0.05) is 17.5 Å². The van der Waals surface area contributed by atoms with E-state index in [2.05, 4.69) is 9.97 Å². The molecule has 4 heteroatoms. The first-order chi connectivity index (χ1) is 7.79. The minimum absolute atomic E-state index is 0.0948. The molecule has 4 nitrogen and oxygen atoms in total. The van der Waals surface area contributed by atoms with Crippen LogP contribution in [0, 0.1) is 6.92 Å². The third kappa shape index (κ3) is 2.35. The summed E-state index contributed by atoms with van der Waals surface area (Å²) in [6.07, 6.45) is 3.25. The number of pyridine rings is 2. The average molecular weight is 216 g/mol. The summed E-state index contributed by atoms with van der Waals surface area (Å²) in [5.41, 5.74) is 1.58. The fourth-order valence-corrected chi connectivity index (χ4v) is 1.26. The van der Waals surface area contributed by atoms with E-state index in [4.69, 9.17) is 9.84 Å². The number of aliphatic hydroxyl groups is 1. The van der Waals surface area contributed by atoms with E-state index in [9.17, 15) is 0 Å². The van der Waals surface area contributed by atoms with E-state index in [1.807, 2.05) is 19.1 Å². The second-order valence-corrected chi connectivity index (χ2v) is 3.36. The van der Waals surface area contributed by atoms with Crippen molar-refractivity contribution in [3.05, 3.63) is 47.9 Å². The summed E-state index contributed by atoms with van der Waals surface area (Å²) in [6, 6.07) is 7.20. The Morgan fingerprint density at radius 2 is 2.12 bits per heavy atom. The number of nitrogens with zero attached hydrogens (tertiary/aromatic N) is 2. The van der Waals surface area contributed by atoms with Gasteiger partial charge in [0.25, 0.3) is 0 Å². The van der Waals surface area contributed by atoms with Crippen LogP contribution < -0.4 is 4.74 Å². The third-order valence-corrected chi connectivity index (χ3v) is 2.12. The monoisotopic (exact) mass is 216 g/mol. The maximum atomic E-state index is 9.10. The summed E-state index contributed by atoms with van der Waals surface area (Å²) in [5, 5.41) is 9.10. The molecule has 0 aliphatic heterocycles. The molecular weight excluding hydrogens is 204 g/mol. The topological polar surface area (TPSA) is 55.2 Å². The molecule has 2 heterocycles. The molecule has 0 saturated carbocycles. The van der Waals surface area contributed by atoms with Gasteiger partial charge in [0.05, 0.1) is 12.8 Å². The van der Waals surface area contributed by atoms with Crippen LogP contribution in [0.4, 0.5) is 0 Å². The second-order valence-electron chi connectivity index (χ2n) is 3.36. The van der Waals surface area contributed by atoms with E-state index >= 15 is 0 Å². The molecule has 0 bridgehead atoms. The third-order valence-electron chi connectivity index (χ3n) is 2.12. The Morgan fingerprint density at radius 3 is 2.81 bits per heavy atom. The molecule has 2 rings (SSSR count). The number of rotatable bonds is 3. The van der Waals surface area contributed by atoms with E-state index in [0.29, 0.717) is 17.2 Å². The van der Waals surface area contributed by atoms with E-state index in [1.54, 1.807) is 24.5 Å². The van der Waals surface area contributed by atoms with E-state index < -0.39 is 0 Å². The van der Waals surface area contributed by atoms with Crippen molar-refractivity contribution >= 4 is 0 Å². The van der Waals surface area contributed by atoms with Crippen LogP contribution in [-0.4, -0.2) is 15.1 Å². The predicted molar refractivity (Wildman–Crippen MR) is 59.2 cm³/mol. The first-order valence-corrected chi connectivity index (χ1v) is 4.95. The number of aromatic nitrogens is 2. The second kappa shape index (κ2) is 4.72. The molecule has 82 valence electrons. The van der Waals surface area contributed by atoms with Gasteiger partial charge in [-0.05, 0) is 31.2 Å². The summed E-state index contributed by atoms with van der Waals surface area (Å²) in [4.78, 5) is 8.17. The molecule has 16 heavy (non-hydrogen) atoms. The summed E-state index contributed by atoms with van der Waals surface area (Å²) in [7, 11) is 0. The van der Waals surface area contributed by atoms with Crippen LogP contribution >= 0.6 is 0 Å². The number of aliphatic hydroxyl groups excluding tert-OH is 1. The van der Waals surface area contributed by atoms with Gasteiger partial charge in [0.2, 0.25) is 5.88 Å². The lowest BCUT2D eigenvalue weighted by molar-refractivity contribution is 0.275. The lowest BCUT2D eigenvalue weighted by Gasteiger charge is -2.07. The van der Waals surface area contributed by atoms with E-state index in [-0.39, 0.29) is 6.61 Å². The molecule has 0 spiro atoms. The minimum Gasteiger partial charge on any atom is -0.437 e. The van der Waals surface area contributed by atoms with Crippen molar-refractivity contribution in [1.82, 2.24) is 9.97 Å². The lowest BCUT2D eigenvalue weighted by atomic mass is 10.3. The van der Waals surface area contributed by atoms with Crippen LogP contribution in [0.2, 0.25) is 0 Å². The molecule has 0 aromatic carbocycles. The molecule has 0 radical (unpaired) electrons. The van der Waals surface area contributed by atoms with Gasteiger partial charge in [-0.25, -0.2) is 4.98 Å². The van der Waals surface area contributed by atoms with Gasteiger partial charge in [0.1, 0.15) is 5.75 Å². The zero-order valence-electron chi connectivity index (χ0n) is 8.92. The SMILES string of the molecule is Cc1ccc(Oc2ncccc2CO)cn1. The minimum atomic E-state index is -0.0948. The average Bonchev–Trinajstić information content (AvgIpc) is 2.33. The molecule has 0 saturated heterocycles. The first-order valence-electron chi connectivity index (χ1n) is 4.95. The van der Waals surface area contributed by atoms with Crippen LogP contribution in [0.1, 0.15) is 11.3 Å². The normalized spacial score (nSPS) is 10.1. The molecular formula is C12H12N2O2. The largest absolute Gasteiger partial charge is 0.437 e. The van der Waals surface area contributed by atoms with Crippen LogP contribution in [0.3, 0.4) is 0 Å². The van der Waals surface area contributed by atoms with Gasteiger partial charge in [-0.15, -0.1) is 0 Å². The highest BCUT2D eigenvalue weighted by Gasteiger charge is 2.04. The Kier molecular flexibility index (Phi) is 3.12. The maximum absolute atomic E-state index is 9.10. The zero-order chi connectivity index (χ0) is 11.4. The van der Waals surface area contributed by atoms with Crippen molar-refractivity contribution in [3.63, 3.8) is 0 Å². The van der Waals surface area contributed by atoms with Crippen LogP contribution in [0.25, 0.3) is 0 Å². The molecule has 2 aromatic heterocycles. The van der Waals surface area contributed by atoms with Crippen molar-refractivity contribution in [2.45, 2.75) is 13.5 Å². The number of aryl methyl sites for hydroxylation is 1. The zero-order valence-corrected chi connectivity index (χ0v) is 8.92. The molecule has 0 aliphatic rings. The Bertz CT molecular complexity index is 469. The maximum Gasteiger partial charge on any atom is 0.224 e. The van der Waals surface area contributed by atoms with E-state index in [0.717, 1.165) is 5.69 Å². The van der Waals surface area contributed by atoms with Gasteiger partial charge in [0.15, 0.2) is 0 Å². The summed E-state index contributed by atoms with van der Waals surface area (Å²) in [5.74, 6) is 1.02. The van der Waals surface area contributed by atoms with Gasteiger partial charge in [-0.3, -0.25) is 4.98 Å². The molecule has 0 unspecified atom stereocenters. The highest BCUT2D eigenvalue weighted by Crippen LogP contribution is 2.21. The molecule has 0 atom stereocenters. The molecule has 2 aromatic rings. The quantitative estimate of drug-likeness (QED) is 0.853. The van der Waals surface area contributed by atoms with Crippen molar-refractivity contribution in [2.75, 3.05) is 0 Å². The first kappa shape index (κ1) is 10.6. The van der Waals surface area contributed by atoms with Gasteiger partial charge in [-0.2, -0.15) is 0 Å². The number of hydrogen-bond acceptors (Lipinski definition) is 4. The van der Waals surface area contributed by atoms with Gasteiger partial charge < -0.3 is 9.84 Å². The fraction of sp³-hybridized carbons (Fsp3) is 0.167. The number of hydrogen-bond donors (Lipinski definition) is 1. The smallest absolute Gasteiger partial charge is 0.224 e. The van der Waals surface area contributed by atoms with Crippen molar-refractivity contribution in [2.24, 2.45) is 0 Å². The van der Waals surface area contributed by atoms with Crippen LogP contribution in [-0.2, 0) is 6.61 Å². The van der Waals surface area contributed by atoms with E-state index in [1.165, 1.54) is 0 Å². The lowest BCUT2D eigenvalue weighted by Crippen LogP contribution is -1.94. The highest BCUT2D eigenvalue weighted by molar-refractivity contribution is 5.30. The van der Waals surface area contributed by atoms with Crippen molar-refractivity contribution in [1.29, 1.82) is 0 Å². The summed E-state index contributed by atoms with van der Waals surface area (Å²) >= 11 is 0. The predicted octanol–water partition coefficient (Wildman–Crippen LogP) is 2.07. The molecule has 0 fully saturated rings. The summed E-state index contributed by atoms with van der Waals surface area (Å²) < 4.78 is 5.52. The Balaban J connectivity index is 2.23. The summed E-state index contributed by atoms with van der Waals surface area (Å²) in [6.45, 7) is 1.81. The number of ether oxygens (including phenoxy) is 1. The van der Waals surface area contributed by atoms with Crippen molar-refractivity contribution in [3.8, 4) is 11.6 Å². The fourth-order valence-electron chi connectivity index (χ4n) is 1.26.